The van der Waals surface area contributed by atoms with E-state index < -0.39 is 0 Å². The van der Waals surface area contributed by atoms with E-state index in [1.54, 1.807) is 36.4 Å². The van der Waals surface area contributed by atoms with Crippen LogP contribution in [0.4, 0.5) is 5.69 Å². The summed E-state index contributed by atoms with van der Waals surface area (Å²) in [5, 5.41) is 5.68. The van der Waals surface area contributed by atoms with Gasteiger partial charge in [-0.25, -0.2) is 0 Å². The molecule has 2 aromatic carbocycles. The first kappa shape index (κ1) is 20.9. The van der Waals surface area contributed by atoms with E-state index in [1.807, 2.05) is 0 Å². The summed E-state index contributed by atoms with van der Waals surface area (Å²) in [6.07, 6.45) is 5.38. The quantitative estimate of drug-likeness (QED) is 0.596. The monoisotopic (exact) mass is 417 g/mol. The summed E-state index contributed by atoms with van der Waals surface area (Å²) >= 11 is 0. The van der Waals surface area contributed by atoms with E-state index in [0.717, 1.165) is 12.1 Å². The van der Waals surface area contributed by atoms with Crippen LogP contribution in [-0.2, 0) is 13.1 Å². The number of furan rings is 1. The largest absolute Gasteiger partial charge is 0.459 e. The topological polar surface area (TPSA) is 74.6 Å². The Bertz CT molecular complexity index is 990. The van der Waals surface area contributed by atoms with Gasteiger partial charge in [-0.05, 0) is 73.5 Å². The van der Waals surface area contributed by atoms with Gasteiger partial charge in [0.2, 0.25) is 0 Å². The molecule has 0 saturated carbocycles. The number of hydrogen-bond acceptors (Lipinski definition) is 4. The first-order valence-corrected chi connectivity index (χ1v) is 10.7. The van der Waals surface area contributed by atoms with Gasteiger partial charge in [-0.15, -0.1) is 0 Å². The van der Waals surface area contributed by atoms with Gasteiger partial charge in [0.1, 0.15) is 0 Å². The van der Waals surface area contributed by atoms with Gasteiger partial charge in [-0.2, -0.15) is 0 Å². The zero-order valence-corrected chi connectivity index (χ0v) is 17.5. The molecule has 6 nitrogen and oxygen atoms in total. The molecule has 6 heteroatoms. The first-order chi connectivity index (χ1) is 15.2. The minimum absolute atomic E-state index is 0.152. The fourth-order valence-corrected chi connectivity index (χ4v) is 3.73. The second kappa shape index (κ2) is 10.1. The average molecular weight is 418 g/mol. The Morgan fingerprint density at radius 3 is 2.23 bits per heavy atom. The Kier molecular flexibility index (Phi) is 6.79. The van der Waals surface area contributed by atoms with Gasteiger partial charge in [0.05, 0.1) is 6.26 Å². The number of nitrogens with one attached hydrogen (secondary N) is 2. The van der Waals surface area contributed by atoms with Crippen LogP contribution in [0.3, 0.4) is 0 Å². The molecule has 1 aliphatic rings. The standard InChI is InChI=1S/C25H27N3O3/c29-24(21-10-12-22(13-11-21)27-25(30)23-5-4-16-31-23)26-17-19-6-8-20(9-7-19)18-28-14-2-1-3-15-28/h4-13,16H,1-3,14-15,17-18H2,(H,26,29)(H,27,30). The van der Waals surface area contributed by atoms with Gasteiger partial charge < -0.3 is 15.1 Å². The van der Waals surface area contributed by atoms with Gasteiger partial charge in [0.25, 0.3) is 11.8 Å². The molecule has 0 atom stereocenters. The summed E-state index contributed by atoms with van der Waals surface area (Å²) in [4.78, 5) is 27.0. The number of nitrogens with zero attached hydrogens (tertiary/aromatic N) is 1. The smallest absolute Gasteiger partial charge is 0.291 e. The molecule has 0 bridgehead atoms. The molecule has 1 aliphatic heterocycles. The van der Waals surface area contributed by atoms with Crippen molar-refractivity contribution in [3.63, 3.8) is 0 Å². The number of piperidine rings is 1. The molecule has 0 spiro atoms. The number of anilines is 1. The van der Waals surface area contributed by atoms with Crippen LogP contribution < -0.4 is 10.6 Å². The van der Waals surface area contributed by atoms with E-state index in [2.05, 4.69) is 39.8 Å². The Hall–Kier alpha value is -3.38. The van der Waals surface area contributed by atoms with Crippen LogP contribution in [-0.4, -0.2) is 29.8 Å². The van der Waals surface area contributed by atoms with Crippen LogP contribution in [0.15, 0.2) is 71.3 Å². The van der Waals surface area contributed by atoms with E-state index in [-0.39, 0.29) is 17.6 Å². The molecule has 0 aliphatic carbocycles. The van der Waals surface area contributed by atoms with Crippen LogP contribution >= 0.6 is 0 Å². The molecule has 1 saturated heterocycles. The number of hydrogen-bond donors (Lipinski definition) is 2. The lowest BCUT2D eigenvalue weighted by atomic mass is 10.1. The number of rotatable bonds is 7. The molecule has 2 amide bonds. The zero-order chi connectivity index (χ0) is 21.5. The Balaban J connectivity index is 1.26. The van der Waals surface area contributed by atoms with E-state index >= 15 is 0 Å². The molecule has 31 heavy (non-hydrogen) atoms. The Morgan fingerprint density at radius 2 is 1.55 bits per heavy atom. The predicted octanol–water partition coefficient (Wildman–Crippen LogP) is 4.45. The number of benzene rings is 2. The number of carbonyl (C=O) groups excluding carboxylic acids is 2. The molecule has 3 aromatic rings. The van der Waals surface area contributed by atoms with Crippen LogP contribution in [0.2, 0.25) is 0 Å². The lowest BCUT2D eigenvalue weighted by Crippen LogP contribution is -2.29. The van der Waals surface area contributed by atoms with Gasteiger partial charge in [-0.3, -0.25) is 14.5 Å². The molecule has 2 heterocycles. The minimum Gasteiger partial charge on any atom is -0.459 e. The summed E-state index contributed by atoms with van der Waals surface area (Å²) in [5.41, 5.74) is 3.52. The highest BCUT2D eigenvalue weighted by Crippen LogP contribution is 2.14. The third-order valence-corrected chi connectivity index (χ3v) is 5.48. The molecule has 0 unspecified atom stereocenters. The third kappa shape index (κ3) is 5.83. The lowest BCUT2D eigenvalue weighted by molar-refractivity contribution is 0.0950. The molecule has 4 rings (SSSR count). The highest BCUT2D eigenvalue weighted by atomic mass is 16.3. The molecular weight excluding hydrogens is 390 g/mol. The van der Waals surface area contributed by atoms with Gasteiger partial charge in [0.15, 0.2) is 5.76 Å². The van der Waals surface area contributed by atoms with Crippen LogP contribution in [0.1, 0.15) is 51.3 Å². The van der Waals surface area contributed by atoms with Crippen molar-refractivity contribution in [2.45, 2.75) is 32.4 Å². The second-order valence-corrected chi connectivity index (χ2v) is 7.84. The third-order valence-electron chi connectivity index (χ3n) is 5.48. The average Bonchev–Trinajstić information content (AvgIpc) is 3.35. The maximum Gasteiger partial charge on any atom is 0.291 e. The van der Waals surface area contributed by atoms with Crippen LogP contribution in [0, 0.1) is 0 Å². The first-order valence-electron chi connectivity index (χ1n) is 10.7. The van der Waals surface area contributed by atoms with Crippen molar-refractivity contribution < 1.29 is 14.0 Å². The number of carbonyl (C=O) groups is 2. The molecule has 1 fully saturated rings. The summed E-state index contributed by atoms with van der Waals surface area (Å²) < 4.78 is 5.07. The molecule has 1 aromatic heterocycles. The van der Waals surface area contributed by atoms with Crippen LogP contribution in [0.25, 0.3) is 0 Å². The fraction of sp³-hybridized carbons (Fsp3) is 0.280. The maximum absolute atomic E-state index is 12.4. The number of likely N-dealkylation sites (tertiary alicyclic amines) is 1. The van der Waals surface area contributed by atoms with Crippen molar-refractivity contribution >= 4 is 17.5 Å². The zero-order valence-electron chi connectivity index (χ0n) is 17.5. The van der Waals surface area contributed by atoms with Crippen molar-refractivity contribution in [3.8, 4) is 0 Å². The van der Waals surface area contributed by atoms with Gasteiger partial charge in [0, 0.05) is 24.3 Å². The van der Waals surface area contributed by atoms with Crippen molar-refractivity contribution in [2.75, 3.05) is 18.4 Å². The molecular formula is C25H27N3O3. The predicted molar refractivity (Wildman–Crippen MR) is 120 cm³/mol. The summed E-state index contributed by atoms with van der Waals surface area (Å²) in [6, 6.07) is 18.5. The number of amides is 2. The molecule has 0 radical (unpaired) electrons. The van der Waals surface area contributed by atoms with Gasteiger partial charge >= 0.3 is 0 Å². The second-order valence-electron chi connectivity index (χ2n) is 7.84. The van der Waals surface area contributed by atoms with Gasteiger partial charge in [-0.1, -0.05) is 30.7 Å². The minimum atomic E-state index is -0.328. The Labute approximate surface area is 182 Å². The fourth-order valence-electron chi connectivity index (χ4n) is 3.73. The van der Waals surface area contributed by atoms with E-state index in [1.165, 1.54) is 44.2 Å². The SMILES string of the molecule is O=C(NCc1ccc(CN2CCCCC2)cc1)c1ccc(NC(=O)c2ccco2)cc1. The lowest BCUT2D eigenvalue weighted by Gasteiger charge is -2.26. The summed E-state index contributed by atoms with van der Waals surface area (Å²) in [6.45, 7) is 3.83. The summed E-state index contributed by atoms with van der Waals surface area (Å²) in [7, 11) is 0. The van der Waals surface area contributed by atoms with E-state index in [9.17, 15) is 9.59 Å². The molecule has 160 valence electrons. The highest BCUT2D eigenvalue weighted by Gasteiger charge is 2.11. The van der Waals surface area contributed by atoms with Crippen LogP contribution in [0.5, 0.6) is 0 Å². The van der Waals surface area contributed by atoms with Crippen molar-refractivity contribution in [1.29, 1.82) is 0 Å². The van der Waals surface area contributed by atoms with E-state index in [4.69, 9.17) is 4.42 Å². The highest BCUT2D eigenvalue weighted by molar-refractivity contribution is 6.02. The van der Waals surface area contributed by atoms with Crippen molar-refractivity contribution in [3.05, 3.63) is 89.4 Å². The van der Waals surface area contributed by atoms with Crippen molar-refractivity contribution in [2.24, 2.45) is 0 Å². The maximum atomic E-state index is 12.4. The normalized spacial score (nSPS) is 14.2. The van der Waals surface area contributed by atoms with E-state index in [0.29, 0.717) is 17.8 Å². The Morgan fingerprint density at radius 1 is 0.839 bits per heavy atom. The molecule has 2 N–H and O–H groups in total. The van der Waals surface area contributed by atoms with Crippen molar-refractivity contribution in [1.82, 2.24) is 10.2 Å². The summed E-state index contributed by atoms with van der Waals surface area (Å²) in [5.74, 6) is -0.240.